The van der Waals surface area contributed by atoms with E-state index in [1.54, 1.807) is 11.9 Å². The van der Waals surface area contributed by atoms with Gasteiger partial charge in [-0.25, -0.2) is 0 Å². The van der Waals surface area contributed by atoms with Gasteiger partial charge in [-0.15, -0.1) is 0 Å². The third-order valence-electron chi connectivity index (χ3n) is 2.72. The second kappa shape index (κ2) is 6.41. The number of amides is 1. The van der Waals surface area contributed by atoms with E-state index in [1.165, 1.54) is 19.3 Å². The molecule has 1 aliphatic rings. The lowest BCUT2D eigenvalue weighted by atomic mass is 9.95. The number of hydrogen-bond donors (Lipinski definition) is 1. The molecule has 0 saturated heterocycles. The Labute approximate surface area is 91.2 Å². The number of hydrogen-bond acceptors (Lipinski definition) is 3. The molecule has 1 fully saturated rings. The van der Waals surface area contributed by atoms with Gasteiger partial charge in [0.15, 0.2) is 0 Å². The van der Waals surface area contributed by atoms with Crippen LogP contribution in [0.3, 0.4) is 0 Å². The van der Waals surface area contributed by atoms with Crippen molar-refractivity contribution in [2.24, 2.45) is 0 Å². The van der Waals surface area contributed by atoms with Gasteiger partial charge in [0.1, 0.15) is 0 Å². The minimum Gasteiger partial charge on any atom is -0.352 e. The zero-order chi connectivity index (χ0) is 11.1. The molecule has 1 saturated carbocycles. The fourth-order valence-electron chi connectivity index (χ4n) is 1.94. The molecule has 15 heavy (non-hydrogen) atoms. The van der Waals surface area contributed by atoms with Gasteiger partial charge in [-0.05, 0) is 19.9 Å². The Balaban J connectivity index is 2.20. The van der Waals surface area contributed by atoms with Crippen molar-refractivity contribution >= 4 is 5.91 Å². The molecule has 1 rings (SSSR count). The summed E-state index contributed by atoms with van der Waals surface area (Å²) in [5, 5.41) is 11.5. The molecule has 1 N–H and O–H groups in total. The first-order valence-corrected chi connectivity index (χ1v) is 5.57. The van der Waals surface area contributed by atoms with Gasteiger partial charge >= 0.3 is 0 Å². The second-order valence-electron chi connectivity index (χ2n) is 4.23. The lowest BCUT2D eigenvalue weighted by Gasteiger charge is -2.23. The van der Waals surface area contributed by atoms with Crippen molar-refractivity contribution in [3.8, 4) is 6.07 Å². The van der Waals surface area contributed by atoms with Crippen molar-refractivity contribution in [2.75, 3.05) is 20.1 Å². The number of nitriles is 1. The van der Waals surface area contributed by atoms with E-state index in [4.69, 9.17) is 5.26 Å². The average Bonchev–Trinajstić information content (AvgIpc) is 2.19. The van der Waals surface area contributed by atoms with Gasteiger partial charge in [-0.2, -0.15) is 5.26 Å². The first-order chi connectivity index (χ1) is 7.22. The summed E-state index contributed by atoms with van der Waals surface area (Å²) in [6.07, 6.45) is 5.94. The summed E-state index contributed by atoms with van der Waals surface area (Å²) in [4.78, 5) is 13.3. The Morgan fingerprint density at radius 3 is 2.73 bits per heavy atom. The van der Waals surface area contributed by atoms with Crippen LogP contribution in [-0.2, 0) is 4.79 Å². The zero-order valence-electron chi connectivity index (χ0n) is 9.33. The molecule has 0 aromatic rings. The standard InChI is InChI=1S/C11H19N3O/c1-14(8-7-12)9-11(15)13-10-5-3-2-4-6-10/h10H,2-6,8-9H2,1H3,(H,13,15). The van der Waals surface area contributed by atoms with Crippen LogP contribution in [0.25, 0.3) is 0 Å². The van der Waals surface area contributed by atoms with E-state index in [9.17, 15) is 4.79 Å². The van der Waals surface area contributed by atoms with Crippen LogP contribution < -0.4 is 5.32 Å². The highest BCUT2D eigenvalue weighted by Gasteiger charge is 2.16. The topological polar surface area (TPSA) is 56.1 Å². The van der Waals surface area contributed by atoms with Gasteiger partial charge in [0, 0.05) is 6.04 Å². The van der Waals surface area contributed by atoms with Crippen molar-refractivity contribution in [3.05, 3.63) is 0 Å². The number of nitrogens with zero attached hydrogens (tertiary/aromatic N) is 2. The Morgan fingerprint density at radius 2 is 2.13 bits per heavy atom. The quantitative estimate of drug-likeness (QED) is 0.700. The molecule has 4 heteroatoms. The van der Waals surface area contributed by atoms with Crippen molar-refractivity contribution in [1.82, 2.24) is 10.2 Å². The summed E-state index contributed by atoms with van der Waals surface area (Å²) in [6.45, 7) is 0.627. The smallest absolute Gasteiger partial charge is 0.234 e. The van der Waals surface area contributed by atoms with E-state index in [-0.39, 0.29) is 5.91 Å². The predicted molar refractivity (Wildman–Crippen MR) is 58.1 cm³/mol. The van der Waals surface area contributed by atoms with Crippen LogP contribution >= 0.6 is 0 Å². The van der Waals surface area contributed by atoms with Crippen LogP contribution in [0.2, 0.25) is 0 Å². The SMILES string of the molecule is CN(CC#N)CC(=O)NC1CCCCC1. The average molecular weight is 209 g/mol. The summed E-state index contributed by atoms with van der Waals surface area (Å²) in [5.41, 5.74) is 0. The van der Waals surface area contributed by atoms with Gasteiger partial charge in [0.05, 0.1) is 19.2 Å². The van der Waals surface area contributed by atoms with Crippen LogP contribution in [-0.4, -0.2) is 37.0 Å². The minimum atomic E-state index is 0.0413. The van der Waals surface area contributed by atoms with Crippen molar-refractivity contribution in [3.63, 3.8) is 0 Å². The molecule has 84 valence electrons. The molecule has 4 nitrogen and oxygen atoms in total. The molecular formula is C11H19N3O. The second-order valence-corrected chi connectivity index (χ2v) is 4.23. The van der Waals surface area contributed by atoms with Gasteiger partial charge in [0.25, 0.3) is 0 Å². The Bertz CT molecular complexity index is 241. The fraction of sp³-hybridized carbons (Fsp3) is 0.818. The first-order valence-electron chi connectivity index (χ1n) is 5.57. The first kappa shape index (κ1) is 12.0. The van der Waals surface area contributed by atoms with Crippen molar-refractivity contribution in [2.45, 2.75) is 38.1 Å². The summed E-state index contributed by atoms with van der Waals surface area (Å²) in [7, 11) is 1.78. The Morgan fingerprint density at radius 1 is 1.47 bits per heavy atom. The highest BCUT2D eigenvalue weighted by molar-refractivity contribution is 5.78. The number of nitrogens with one attached hydrogen (secondary N) is 1. The maximum atomic E-state index is 11.5. The van der Waals surface area contributed by atoms with Crippen molar-refractivity contribution < 1.29 is 4.79 Å². The monoisotopic (exact) mass is 209 g/mol. The van der Waals surface area contributed by atoms with E-state index < -0.39 is 0 Å². The van der Waals surface area contributed by atoms with Crippen LogP contribution in [0.1, 0.15) is 32.1 Å². The number of carbonyl (C=O) groups excluding carboxylic acids is 1. The maximum Gasteiger partial charge on any atom is 0.234 e. The maximum absolute atomic E-state index is 11.5. The molecule has 0 heterocycles. The third-order valence-corrected chi connectivity index (χ3v) is 2.72. The largest absolute Gasteiger partial charge is 0.352 e. The molecule has 0 aromatic carbocycles. The summed E-state index contributed by atoms with van der Waals surface area (Å²) in [5.74, 6) is 0.0413. The molecule has 1 aliphatic carbocycles. The molecule has 1 amide bonds. The van der Waals surface area contributed by atoms with Crippen LogP contribution in [0, 0.1) is 11.3 Å². The number of likely N-dealkylation sites (N-methyl/N-ethyl adjacent to an activating group) is 1. The van der Waals surface area contributed by atoms with Crippen LogP contribution in [0.15, 0.2) is 0 Å². The highest BCUT2D eigenvalue weighted by Crippen LogP contribution is 2.17. The lowest BCUT2D eigenvalue weighted by molar-refractivity contribution is -0.122. The van der Waals surface area contributed by atoms with Gasteiger partial charge in [0.2, 0.25) is 5.91 Å². The third kappa shape index (κ3) is 4.80. The lowest BCUT2D eigenvalue weighted by Crippen LogP contribution is -2.41. The molecule has 0 bridgehead atoms. The molecular weight excluding hydrogens is 190 g/mol. The molecule has 0 spiro atoms. The van der Waals surface area contributed by atoms with E-state index in [0.29, 0.717) is 19.1 Å². The van der Waals surface area contributed by atoms with Crippen LogP contribution in [0.4, 0.5) is 0 Å². The highest BCUT2D eigenvalue weighted by atomic mass is 16.2. The van der Waals surface area contributed by atoms with E-state index in [1.807, 2.05) is 6.07 Å². The van der Waals surface area contributed by atoms with Gasteiger partial charge in [-0.1, -0.05) is 19.3 Å². The van der Waals surface area contributed by atoms with Gasteiger partial charge < -0.3 is 5.32 Å². The Kier molecular flexibility index (Phi) is 5.13. The van der Waals surface area contributed by atoms with Crippen molar-refractivity contribution in [1.29, 1.82) is 5.26 Å². The van der Waals surface area contributed by atoms with Crippen LogP contribution in [0.5, 0.6) is 0 Å². The summed E-state index contributed by atoms with van der Waals surface area (Å²) < 4.78 is 0. The molecule has 0 radical (unpaired) electrons. The van der Waals surface area contributed by atoms with E-state index >= 15 is 0 Å². The fourth-order valence-corrected chi connectivity index (χ4v) is 1.94. The number of rotatable bonds is 4. The Hall–Kier alpha value is -1.08. The molecule has 0 unspecified atom stereocenters. The summed E-state index contributed by atoms with van der Waals surface area (Å²) in [6, 6.07) is 2.39. The molecule has 0 atom stereocenters. The molecule has 0 aromatic heterocycles. The van der Waals surface area contributed by atoms with Gasteiger partial charge in [-0.3, -0.25) is 9.69 Å². The summed E-state index contributed by atoms with van der Waals surface area (Å²) >= 11 is 0. The molecule has 0 aliphatic heterocycles. The minimum absolute atomic E-state index is 0.0413. The van der Waals surface area contributed by atoms with E-state index in [0.717, 1.165) is 12.8 Å². The normalized spacial score (nSPS) is 17.4. The van der Waals surface area contributed by atoms with E-state index in [2.05, 4.69) is 5.32 Å². The predicted octanol–water partition coefficient (Wildman–Crippen LogP) is 0.891. The number of carbonyl (C=O) groups is 1. The zero-order valence-corrected chi connectivity index (χ0v) is 9.33.